The number of rotatable bonds is 10. The molecule has 0 heterocycles. The predicted octanol–water partition coefficient (Wildman–Crippen LogP) is 6.59. The molecule has 0 aliphatic heterocycles. The Morgan fingerprint density at radius 2 is 1.67 bits per heavy atom. The van der Waals surface area contributed by atoms with Gasteiger partial charge in [0.1, 0.15) is 18.9 Å². The smallest absolute Gasteiger partial charge is 0.416 e. The maximum atomic E-state index is 13.4. The molecule has 0 fully saturated rings. The molecule has 4 aromatic carbocycles. The van der Waals surface area contributed by atoms with Gasteiger partial charge in [0.25, 0.3) is 15.9 Å². The molecule has 218 valence electrons. The van der Waals surface area contributed by atoms with E-state index in [1.165, 1.54) is 24.4 Å². The summed E-state index contributed by atoms with van der Waals surface area (Å²) in [5, 5.41) is 4.45. The molecule has 0 saturated carbocycles. The van der Waals surface area contributed by atoms with Crippen molar-refractivity contribution in [2.24, 2.45) is 5.10 Å². The number of ether oxygens (including phenoxy) is 1. The number of anilines is 1. The van der Waals surface area contributed by atoms with Crippen LogP contribution in [0.1, 0.15) is 22.3 Å². The van der Waals surface area contributed by atoms with E-state index in [-0.39, 0.29) is 17.2 Å². The van der Waals surface area contributed by atoms with Crippen LogP contribution in [0.5, 0.6) is 5.75 Å². The van der Waals surface area contributed by atoms with Gasteiger partial charge in [0, 0.05) is 10.6 Å². The zero-order valence-corrected chi connectivity index (χ0v) is 23.7. The van der Waals surface area contributed by atoms with Gasteiger partial charge in [0.2, 0.25) is 0 Å². The largest absolute Gasteiger partial charge is 0.489 e. The minimum Gasteiger partial charge on any atom is -0.489 e. The molecule has 4 aromatic rings. The van der Waals surface area contributed by atoms with Crippen LogP contribution < -0.4 is 14.5 Å². The monoisotopic (exact) mass is 615 g/mol. The number of alkyl halides is 3. The average molecular weight is 616 g/mol. The zero-order chi connectivity index (χ0) is 30.3. The van der Waals surface area contributed by atoms with E-state index in [0.717, 1.165) is 23.3 Å². The van der Waals surface area contributed by atoms with E-state index in [9.17, 15) is 26.4 Å². The summed E-state index contributed by atoms with van der Waals surface area (Å²) in [4.78, 5) is 12.6. The topological polar surface area (TPSA) is 88.1 Å². The second-order valence-corrected chi connectivity index (χ2v) is 11.4. The summed E-state index contributed by atoms with van der Waals surface area (Å²) in [5.41, 5.74) is 3.07. The summed E-state index contributed by atoms with van der Waals surface area (Å²) in [6, 6.07) is 23.6. The number of benzene rings is 4. The van der Waals surface area contributed by atoms with E-state index >= 15 is 0 Å². The molecule has 0 unspecified atom stereocenters. The molecule has 0 saturated heterocycles. The molecule has 0 atom stereocenters. The highest BCUT2D eigenvalue weighted by Crippen LogP contribution is 2.33. The van der Waals surface area contributed by atoms with Gasteiger partial charge in [0.15, 0.2) is 0 Å². The molecule has 42 heavy (non-hydrogen) atoms. The highest BCUT2D eigenvalue weighted by molar-refractivity contribution is 7.92. The standard InChI is InChI=1S/C30H25ClF3N3O4S/c1-21-9-15-27(16-10-21)42(39,40)37(25-7-4-6-24(17-25)30(32,33)34)19-29(38)36-35-18-22-11-13-26(14-12-22)41-20-23-5-2-3-8-28(23)31/h2-18H,19-20H2,1H3,(H,36,38)/b35-18-. The van der Waals surface area contributed by atoms with Crippen LogP contribution in [-0.2, 0) is 27.6 Å². The van der Waals surface area contributed by atoms with Gasteiger partial charge < -0.3 is 4.74 Å². The van der Waals surface area contributed by atoms with Crippen molar-refractivity contribution in [2.45, 2.75) is 24.6 Å². The van der Waals surface area contributed by atoms with Crippen LogP contribution in [-0.4, -0.2) is 27.1 Å². The molecule has 0 aliphatic rings. The summed E-state index contributed by atoms with van der Waals surface area (Å²) in [6.45, 7) is 1.22. The highest BCUT2D eigenvalue weighted by atomic mass is 35.5. The van der Waals surface area contributed by atoms with Crippen LogP contribution in [0.4, 0.5) is 18.9 Å². The second-order valence-electron chi connectivity index (χ2n) is 9.12. The van der Waals surface area contributed by atoms with E-state index in [1.807, 2.05) is 18.2 Å². The third kappa shape index (κ3) is 7.89. The van der Waals surface area contributed by atoms with Gasteiger partial charge in [0.05, 0.1) is 22.4 Å². The van der Waals surface area contributed by atoms with Gasteiger partial charge in [-0.1, -0.05) is 53.6 Å². The third-order valence-corrected chi connectivity index (χ3v) is 8.15. The highest BCUT2D eigenvalue weighted by Gasteiger charge is 2.33. The number of carbonyl (C=O) groups excluding carboxylic acids is 1. The third-order valence-electron chi connectivity index (χ3n) is 5.99. The van der Waals surface area contributed by atoms with Crippen molar-refractivity contribution >= 4 is 39.4 Å². The van der Waals surface area contributed by atoms with Crippen molar-refractivity contribution in [3.63, 3.8) is 0 Å². The number of carbonyl (C=O) groups is 1. The van der Waals surface area contributed by atoms with E-state index in [2.05, 4.69) is 10.5 Å². The first kappa shape index (κ1) is 30.6. The number of nitrogens with one attached hydrogen (secondary N) is 1. The summed E-state index contributed by atoms with van der Waals surface area (Å²) in [7, 11) is -4.41. The molecule has 0 aliphatic carbocycles. The number of halogens is 4. The van der Waals surface area contributed by atoms with Gasteiger partial charge in [-0.15, -0.1) is 0 Å². The lowest BCUT2D eigenvalue weighted by Gasteiger charge is -2.24. The van der Waals surface area contributed by atoms with E-state index < -0.39 is 34.2 Å². The Kier molecular flexibility index (Phi) is 9.54. The first-order valence-electron chi connectivity index (χ1n) is 12.5. The molecule has 0 radical (unpaired) electrons. The van der Waals surface area contributed by atoms with Crippen LogP contribution in [0, 0.1) is 6.92 Å². The fourth-order valence-corrected chi connectivity index (χ4v) is 5.36. The average Bonchev–Trinajstić information content (AvgIpc) is 2.96. The van der Waals surface area contributed by atoms with Crippen molar-refractivity contribution in [1.82, 2.24) is 5.43 Å². The van der Waals surface area contributed by atoms with Crippen molar-refractivity contribution in [3.8, 4) is 5.75 Å². The maximum Gasteiger partial charge on any atom is 0.416 e. The Bertz CT molecular complexity index is 1680. The van der Waals surface area contributed by atoms with Crippen molar-refractivity contribution < 1.29 is 31.1 Å². The lowest BCUT2D eigenvalue weighted by atomic mass is 10.2. The van der Waals surface area contributed by atoms with Gasteiger partial charge >= 0.3 is 6.18 Å². The molecular formula is C30H25ClF3N3O4S. The molecule has 4 rings (SSSR count). The van der Waals surface area contributed by atoms with Crippen LogP contribution in [0.2, 0.25) is 5.02 Å². The Labute approximate surface area is 246 Å². The molecule has 0 spiro atoms. The Balaban J connectivity index is 1.46. The number of hydrazone groups is 1. The zero-order valence-electron chi connectivity index (χ0n) is 22.2. The number of hydrogen-bond donors (Lipinski definition) is 1. The fraction of sp³-hybridized carbons (Fsp3) is 0.133. The minimum atomic E-state index is -4.71. The van der Waals surface area contributed by atoms with Gasteiger partial charge in [-0.3, -0.25) is 9.10 Å². The van der Waals surface area contributed by atoms with E-state index in [1.54, 1.807) is 49.4 Å². The molecule has 7 nitrogen and oxygen atoms in total. The second kappa shape index (κ2) is 13.1. The molecule has 0 aromatic heterocycles. The summed E-state index contributed by atoms with van der Waals surface area (Å²) < 4.78 is 73.3. The van der Waals surface area contributed by atoms with Gasteiger partial charge in [-0.25, -0.2) is 13.8 Å². The quantitative estimate of drug-likeness (QED) is 0.161. The van der Waals surface area contributed by atoms with Crippen LogP contribution in [0.25, 0.3) is 0 Å². The molecule has 12 heteroatoms. The summed E-state index contributed by atoms with van der Waals surface area (Å²) >= 11 is 6.14. The number of aryl methyl sites for hydroxylation is 1. The first-order valence-corrected chi connectivity index (χ1v) is 14.3. The number of nitrogens with zero attached hydrogens (tertiary/aromatic N) is 2. The lowest BCUT2D eigenvalue weighted by Crippen LogP contribution is -2.39. The molecule has 1 amide bonds. The predicted molar refractivity (Wildman–Crippen MR) is 155 cm³/mol. The van der Waals surface area contributed by atoms with Gasteiger partial charge in [-0.05, 0) is 73.2 Å². The van der Waals surface area contributed by atoms with E-state index in [0.29, 0.717) is 26.7 Å². The number of amides is 1. The summed E-state index contributed by atoms with van der Waals surface area (Å²) in [5.74, 6) is -0.284. The SMILES string of the molecule is Cc1ccc(S(=O)(=O)N(CC(=O)N/N=C\c2ccc(OCc3ccccc3Cl)cc2)c2cccc(C(F)(F)F)c2)cc1. The molecular weight excluding hydrogens is 591 g/mol. The normalized spacial score (nSPS) is 11.8. The fourth-order valence-electron chi connectivity index (χ4n) is 3.76. The number of sulfonamides is 1. The Hall–Kier alpha value is -4.35. The maximum absolute atomic E-state index is 13.4. The van der Waals surface area contributed by atoms with Gasteiger partial charge in [-0.2, -0.15) is 18.3 Å². The van der Waals surface area contributed by atoms with E-state index in [4.69, 9.17) is 16.3 Å². The molecule has 0 bridgehead atoms. The van der Waals surface area contributed by atoms with Crippen molar-refractivity contribution in [3.05, 3.63) is 124 Å². The summed E-state index contributed by atoms with van der Waals surface area (Å²) in [6.07, 6.45) is -3.38. The van der Waals surface area contributed by atoms with Crippen LogP contribution >= 0.6 is 11.6 Å². The first-order chi connectivity index (χ1) is 19.9. The van der Waals surface area contributed by atoms with Crippen LogP contribution in [0.3, 0.4) is 0 Å². The van der Waals surface area contributed by atoms with Crippen LogP contribution in [0.15, 0.2) is 107 Å². The minimum absolute atomic E-state index is 0.182. The number of hydrogen-bond acceptors (Lipinski definition) is 5. The van der Waals surface area contributed by atoms with Crippen molar-refractivity contribution in [2.75, 3.05) is 10.8 Å². The molecule has 1 N–H and O–H groups in total. The van der Waals surface area contributed by atoms with Crippen molar-refractivity contribution in [1.29, 1.82) is 0 Å². The Morgan fingerprint density at radius 3 is 2.33 bits per heavy atom. The lowest BCUT2D eigenvalue weighted by molar-refractivity contribution is -0.137. The Morgan fingerprint density at radius 1 is 0.976 bits per heavy atom.